The fourth-order valence-electron chi connectivity index (χ4n) is 1.55. The van der Waals surface area contributed by atoms with E-state index < -0.39 is 0 Å². The lowest BCUT2D eigenvalue weighted by Crippen LogP contribution is -2.22. The highest BCUT2D eigenvalue weighted by molar-refractivity contribution is 7.13. The summed E-state index contributed by atoms with van der Waals surface area (Å²) in [6.07, 6.45) is 1.72. The van der Waals surface area contributed by atoms with Crippen molar-refractivity contribution in [2.24, 2.45) is 0 Å². The number of hydrogen-bond acceptors (Lipinski definition) is 4. The lowest BCUT2D eigenvalue weighted by atomic mass is 10.2. The van der Waals surface area contributed by atoms with Gasteiger partial charge in [-0.3, -0.25) is 9.89 Å². The molecule has 0 aliphatic rings. The second-order valence-electron chi connectivity index (χ2n) is 3.85. The van der Waals surface area contributed by atoms with E-state index in [1.165, 1.54) is 11.3 Å². The Morgan fingerprint density at radius 2 is 2.24 bits per heavy atom. The number of aromatic nitrogens is 3. The van der Waals surface area contributed by atoms with Gasteiger partial charge in [0.1, 0.15) is 4.88 Å². The molecule has 0 radical (unpaired) electrons. The molecule has 2 aromatic rings. The first-order valence-corrected chi connectivity index (χ1v) is 6.10. The lowest BCUT2D eigenvalue weighted by Gasteiger charge is -2.02. The third-order valence-electron chi connectivity index (χ3n) is 2.48. The SMILES string of the molecule is Cc1nc(C)c(C(=O)NCc2cn[nH]c2C)s1. The van der Waals surface area contributed by atoms with Crippen molar-refractivity contribution >= 4 is 17.2 Å². The second kappa shape index (κ2) is 4.67. The third kappa shape index (κ3) is 2.52. The molecule has 2 aromatic heterocycles. The maximum Gasteiger partial charge on any atom is 0.263 e. The van der Waals surface area contributed by atoms with Crippen LogP contribution in [0.3, 0.4) is 0 Å². The maximum atomic E-state index is 11.9. The summed E-state index contributed by atoms with van der Waals surface area (Å²) in [4.78, 5) is 16.8. The molecule has 0 saturated carbocycles. The largest absolute Gasteiger partial charge is 0.347 e. The van der Waals surface area contributed by atoms with Crippen molar-refractivity contribution in [3.63, 3.8) is 0 Å². The van der Waals surface area contributed by atoms with Crippen molar-refractivity contribution in [2.45, 2.75) is 27.3 Å². The van der Waals surface area contributed by atoms with Gasteiger partial charge in [-0.15, -0.1) is 11.3 Å². The first-order valence-electron chi connectivity index (χ1n) is 5.29. The van der Waals surface area contributed by atoms with E-state index in [0.29, 0.717) is 11.4 Å². The molecule has 0 aliphatic heterocycles. The molecule has 17 heavy (non-hydrogen) atoms. The predicted molar refractivity (Wildman–Crippen MR) is 66.1 cm³/mol. The summed E-state index contributed by atoms with van der Waals surface area (Å²) in [5.41, 5.74) is 2.76. The molecule has 5 nitrogen and oxygen atoms in total. The molecule has 0 unspecified atom stereocenters. The van der Waals surface area contributed by atoms with E-state index in [9.17, 15) is 4.79 Å². The van der Waals surface area contributed by atoms with E-state index in [0.717, 1.165) is 22.0 Å². The zero-order valence-electron chi connectivity index (χ0n) is 10.00. The summed E-state index contributed by atoms with van der Waals surface area (Å²) < 4.78 is 0. The van der Waals surface area contributed by atoms with E-state index in [1.54, 1.807) is 6.20 Å². The molecular weight excluding hydrogens is 236 g/mol. The summed E-state index contributed by atoms with van der Waals surface area (Å²) in [7, 11) is 0. The molecule has 0 aliphatic carbocycles. The van der Waals surface area contributed by atoms with Crippen LogP contribution in [0.25, 0.3) is 0 Å². The van der Waals surface area contributed by atoms with Crippen molar-refractivity contribution in [1.82, 2.24) is 20.5 Å². The minimum atomic E-state index is -0.0753. The number of aromatic amines is 1. The van der Waals surface area contributed by atoms with E-state index in [-0.39, 0.29) is 5.91 Å². The highest BCUT2D eigenvalue weighted by Gasteiger charge is 2.13. The predicted octanol–water partition coefficient (Wildman–Crippen LogP) is 1.72. The van der Waals surface area contributed by atoms with Gasteiger partial charge in [-0.05, 0) is 20.8 Å². The Hall–Kier alpha value is -1.69. The van der Waals surface area contributed by atoms with E-state index >= 15 is 0 Å². The Kier molecular flexibility index (Phi) is 3.23. The highest BCUT2D eigenvalue weighted by Crippen LogP contribution is 2.16. The van der Waals surface area contributed by atoms with Gasteiger partial charge >= 0.3 is 0 Å². The van der Waals surface area contributed by atoms with E-state index in [2.05, 4.69) is 20.5 Å². The number of H-pyrrole nitrogens is 1. The number of carbonyl (C=O) groups excluding carboxylic acids is 1. The third-order valence-corrected chi connectivity index (χ3v) is 3.56. The van der Waals surface area contributed by atoms with E-state index in [1.807, 2.05) is 20.8 Å². The van der Waals surface area contributed by atoms with Gasteiger partial charge in [-0.25, -0.2) is 4.98 Å². The fraction of sp³-hybridized carbons (Fsp3) is 0.364. The van der Waals surface area contributed by atoms with Crippen LogP contribution in [0.2, 0.25) is 0 Å². The topological polar surface area (TPSA) is 70.7 Å². The molecule has 0 spiro atoms. The number of nitrogens with one attached hydrogen (secondary N) is 2. The zero-order chi connectivity index (χ0) is 12.4. The van der Waals surface area contributed by atoms with Gasteiger partial charge in [0.15, 0.2) is 0 Å². The van der Waals surface area contributed by atoms with Crippen LogP contribution in [0, 0.1) is 20.8 Å². The molecular formula is C11H14N4OS. The normalized spacial score (nSPS) is 10.5. The minimum Gasteiger partial charge on any atom is -0.347 e. The number of aryl methyl sites for hydroxylation is 3. The number of amides is 1. The molecule has 2 N–H and O–H groups in total. The van der Waals surface area contributed by atoms with Gasteiger partial charge in [0, 0.05) is 17.8 Å². The summed E-state index contributed by atoms with van der Waals surface area (Å²) >= 11 is 1.42. The maximum absolute atomic E-state index is 11.9. The first kappa shape index (κ1) is 11.8. The highest BCUT2D eigenvalue weighted by atomic mass is 32.1. The molecule has 2 heterocycles. The van der Waals surface area contributed by atoms with Crippen molar-refractivity contribution in [3.05, 3.63) is 33.0 Å². The number of thiazole rings is 1. The lowest BCUT2D eigenvalue weighted by molar-refractivity contribution is 0.0954. The van der Waals surface area contributed by atoms with Gasteiger partial charge in [0.25, 0.3) is 5.91 Å². The monoisotopic (exact) mass is 250 g/mol. The van der Waals surface area contributed by atoms with Crippen molar-refractivity contribution < 1.29 is 4.79 Å². The van der Waals surface area contributed by atoms with Gasteiger partial charge < -0.3 is 5.32 Å². The number of carbonyl (C=O) groups is 1. The quantitative estimate of drug-likeness (QED) is 0.871. The molecule has 0 saturated heterocycles. The van der Waals surface area contributed by atoms with Crippen molar-refractivity contribution in [1.29, 1.82) is 0 Å². The van der Waals surface area contributed by atoms with Crippen molar-refractivity contribution in [3.8, 4) is 0 Å². The minimum absolute atomic E-state index is 0.0753. The Morgan fingerprint density at radius 3 is 2.76 bits per heavy atom. The van der Waals surface area contributed by atoms with Gasteiger partial charge in [0.05, 0.1) is 16.9 Å². The second-order valence-corrected chi connectivity index (χ2v) is 5.05. The van der Waals surface area contributed by atoms with Crippen LogP contribution in [0.15, 0.2) is 6.20 Å². The van der Waals surface area contributed by atoms with Crippen LogP contribution in [0.4, 0.5) is 0 Å². The van der Waals surface area contributed by atoms with Crippen LogP contribution in [-0.2, 0) is 6.54 Å². The Morgan fingerprint density at radius 1 is 1.47 bits per heavy atom. The number of hydrogen-bond donors (Lipinski definition) is 2. The van der Waals surface area contributed by atoms with Gasteiger partial charge in [0.2, 0.25) is 0 Å². The average molecular weight is 250 g/mol. The average Bonchev–Trinajstić information content (AvgIpc) is 2.81. The molecule has 0 aromatic carbocycles. The van der Waals surface area contributed by atoms with Crippen molar-refractivity contribution in [2.75, 3.05) is 0 Å². The van der Waals surface area contributed by atoms with Gasteiger partial charge in [-0.1, -0.05) is 0 Å². The zero-order valence-corrected chi connectivity index (χ0v) is 10.8. The van der Waals surface area contributed by atoms with E-state index in [4.69, 9.17) is 0 Å². The number of rotatable bonds is 3. The molecule has 0 bridgehead atoms. The molecule has 0 fully saturated rings. The standard InChI is InChI=1S/C11H14N4OS/c1-6-9(5-13-15-6)4-12-11(16)10-7(2)14-8(3)17-10/h5H,4H2,1-3H3,(H,12,16)(H,13,15). The Balaban J connectivity index is 2.03. The van der Waals surface area contributed by atoms with Crippen LogP contribution in [0.5, 0.6) is 0 Å². The first-order chi connectivity index (χ1) is 8.08. The van der Waals surface area contributed by atoms with Crippen LogP contribution in [0.1, 0.15) is 31.6 Å². The Bertz CT molecular complexity index is 543. The summed E-state index contributed by atoms with van der Waals surface area (Å²) in [5.74, 6) is -0.0753. The fourth-order valence-corrected chi connectivity index (χ4v) is 2.39. The summed E-state index contributed by atoms with van der Waals surface area (Å²) in [6.45, 7) is 6.16. The molecule has 6 heteroatoms. The summed E-state index contributed by atoms with van der Waals surface area (Å²) in [5, 5.41) is 10.5. The molecule has 0 atom stereocenters. The molecule has 2 rings (SSSR count). The number of nitrogens with zero attached hydrogens (tertiary/aromatic N) is 2. The smallest absolute Gasteiger partial charge is 0.263 e. The molecule has 1 amide bonds. The van der Waals surface area contributed by atoms with Gasteiger partial charge in [-0.2, -0.15) is 5.10 Å². The van der Waals surface area contributed by atoms with Crippen LogP contribution >= 0.6 is 11.3 Å². The van der Waals surface area contributed by atoms with Crippen LogP contribution in [-0.4, -0.2) is 21.1 Å². The molecule has 90 valence electrons. The van der Waals surface area contributed by atoms with Crippen LogP contribution < -0.4 is 5.32 Å². The summed E-state index contributed by atoms with van der Waals surface area (Å²) in [6, 6.07) is 0. The Labute approximate surface area is 103 Å².